The maximum absolute atomic E-state index is 12.3. The van der Waals surface area contributed by atoms with Gasteiger partial charge in [0.2, 0.25) is 5.95 Å². The number of aromatic nitrogens is 2. The maximum atomic E-state index is 12.3. The number of amides is 1. The van der Waals surface area contributed by atoms with Crippen LogP contribution in [0.3, 0.4) is 0 Å². The number of rotatable bonds is 6. The van der Waals surface area contributed by atoms with Crippen LogP contribution in [0, 0.1) is 19.8 Å². The number of aryl methyl sites for hydroxylation is 2. The molecule has 0 aliphatic rings. The Hall–Kier alpha value is -2.43. The van der Waals surface area contributed by atoms with Crippen molar-refractivity contribution in [2.24, 2.45) is 5.92 Å². The van der Waals surface area contributed by atoms with Crippen LogP contribution in [0.5, 0.6) is 0 Å². The largest absolute Gasteiger partial charge is 0.354 e. The summed E-state index contributed by atoms with van der Waals surface area (Å²) >= 11 is 0. The van der Waals surface area contributed by atoms with Crippen molar-refractivity contribution in [3.63, 3.8) is 0 Å². The van der Waals surface area contributed by atoms with Crippen molar-refractivity contribution in [1.29, 1.82) is 0 Å². The zero-order valence-electron chi connectivity index (χ0n) is 14.2. The Morgan fingerprint density at radius 3 is 2.61 bits per heavy atom. The van der Waals surface area contributed by atoms with Crippen LogP contribution in [0.25, 0.3) is 0 Å². The van der Waals surface area contributed by atoms with Crippen molar-refractivity contribution >= 4 is 11.9 Å². The number of nitrogens with one attached hydrogen (secondary N) is 2. The van der Waals surface area contributed by atoms with E-state index in [2.05, 4.69) is 34.4 Å². The summed E-state index contributed by atoms with van der Waals surface area (Å²) < 4.78 is 0. The highest BCUT2D eigenvalue weighted by Crippen LogP contribution is 2.09. The molecule has 0 bridgehead atoms. The molecule has 2 rings (SSSR count). The number of hydrogen-bond acceptors (Lipinski definition) is 4. The van der Waals surface area contributed by atoms with E-state index in [-0.39, 0.29) is 5.91 Å². The van der Waals surface area contributed by atoms with Gasteiger partial charge in [0.05, 0.1) is 0 Å². The first-order chi connectivity index (χ1) is 11.0. The Bertz CT molecular complexity index is 682. The van der Waals surface area contributed by atoms with Crippen molar-refractivity contribution < 1.29 is 4.79 Å². The topological polar surface area (TPSA) is 66.9 Å². The third kappa shape index (κ3) is 5.06. The average molecular weight is 312 g/mol. The van der Waals surface area contributed by atoms with E-state index in [4.69, 9.17) is 0 Å². The lowest BCUT2D eigenvalue weighted by Crippen LogP contribution is -2.25. The fraction of sp³-hybridized carbons (Fsp3) is 0.389. The van der Waals surface area contributed by atoms with Crippen LogP contribution in [0.1, 0.15) is 41.2 Å². The fourth-order valence-electron chi connectivity index (χ4n) is 2.13. The molecule has 1 amide bonds. The SMILES string of the molecule is Cc1cc(C(=O)NCc2ccccc2C)nc(NCC(C)C)n1. The molecule has 2 aromatic rings. The van der Waals surface area contributed by atoms with Gasteiger partial charge in [-0.2, -0.15) is 0 Å². The molecule has 5 nitrogen and oxygen atoms in total. The highest BCUT2D eigenvalue weighted by Gasteiger charge is 2.11. The fourth-order valence-corrected chi connectivity index (χ4v) is 2.13. The molecule has 0 aliphatic carbocycles. The highest BCUT2D eigenvalue weighted by atomic mass is 16.1. The minimum absolute atomic E-state index is 0.189. The van der Waals surface area contributed by atoms with E-state index >= 15 is 0 Å². The van der Waals surface area contributed by atoms with Gasteiger partial charge >= 0.3 is 0 Å². The van der Waals surface area contributed by atoms with Crippen molar-refractivity contribution in [3.8, 4) is 0 Å². The number of anilines is 1. The molecule has 5 heteroatoms. The number of hydrogen-bond donors (Lipinski definition) is 2. The zero-order chi connectivity index (χ0) is 16.8. The van der Waals surface area contributed by atoms with Crippen molar-refractivity contribution in [2.45, 2.75) is 34.2 Å². The molecule has 0 spiro atoms. The van der Waals surface area contributed by atoms with Gasteiger partial charge in [-0.1, -0.05) is 38.1 Å². The van der Waals surface area contributed by atoms with Crippen LogP contribution in [-0.4, -0.2) is 22.4 Å². The lowest BCUT2D eigenvalue weighted by molar-refractivity contribution is 0.0945. The molecule has 0 radical (unpaired) electrons. The Morgan fingerprint density at radius 2 is 1.91 bits per heavy atom. The summed E-state index contributed by atoms with van der Waals surface area (Å²) in [6.45, 7) is 9.37. The summed E-state index contributed by atoms with van der Waals surface area (Å²) in [5.41, 5.74) is 3.42. The molecule has 23 heavy (non-hydrogen) atoms. The summed E-state index contributed by atoms with van der Waals surface area (Å²) in [4.78, 5) is 21.0. The van der Waals surface area contributed by atoms with E-state index in [0.29, 0.717) is 24.1 Å². The number of benzene rings is 1. The molecule has 0 aliphatic heterocycles. The van der Waals surface area contributed by atoms with Gasteiger partial charge in [0.15, 0.2) is 0 Å². The predicted molar refractivity (Wildman–Crippen MR) is 92.4 cm³/mol. The van der Waals surface area contributed by atoms with E-state index in [0.717, 1.165) is 23.4 Å². The molecule has 1 aromatic carbocycles. The van der Waals surface area contributed by atoms with Gasteiger partial charge in [-0.25, -0.2) is 9.97 Å². The first-order valence-electron chi connectivity index (χ1n) is 7.88. The number of nitrogens with zero attached hydrogens (tertiary/aromatic N) is 2. The maximum Gasteiger partial charge on any atom is 0.270 e. The smallest absolute Gasteiger partial charge is 0.270 e. The van der Waals surface area contributed by atoms with E-state index in [9.17, 15) is 4.79 Å². The second kappa shape index (κ2) is 7.72. The highest BCUT2D eigenvalue weighted by molar-refractivity contribution is 5.92. The van der Waals surface area contributed by atoms with Crippen LogP contribution >= 0.6 is 0 Å². The third-order valence-corrected chi connectivity index (χ3v) is 3.46. The molecule has 0 fully saturated rings. The van der Waals surface area contributed by atoms with Gasteiger partial charge in [-0.05, 0) is 37.0 Å². The number of carbonyl (C=O) groups is 1. The van der Waals surface area contributed by atoms with E-state index < -0.39 is 0 Å². The summed E-state index contributed by atoms with van der Waals surface area (Å²) in [7, 11) is 0. The standard InChI is InChI=1S/C18H24N4O/c1-12(2)10-20-18-21-14(4)9-16(22-18)17(23)19-11-15-8-6-5-7-13(15)3/h5-9,12H,10-11H2,1-4H3,(H,19,23)(H,20,21,22). The molecule has 0 saturated heterocycles. The Kier molecular flexibility index (Phi) is 5.68. The van der Waals surface area contributed by atoms with Gasteiger partial charge in [-0.3, -0.25) is 4.79 Å². The van der Waals surface area contributed by atoms with Crippen LogP contribution in [0.4, 0.5) is 5.95 Å². The summed E-state index contributed by atoms with van der Waals surface area (Å²) in [5, 5.41) is 6.08. The molecule has 0 atom stereocenters. The average Bonchev–Trinajstić information content (AvgIpc) is 2.51. The van der Waals surface area contributed by atoms with Crippen molar-refractivity contribution in [2.75, 3.05) is 11.9 Å². The first-order valence-corrected chi connectivity index (χ1v) is 7.88. The molecular weight excluding hydrogens is 288 g/mol. The quantitative estimate of drug-likeness (QED) is 0.860. The van der Waals surface area contributed by atoms with E-state index in [1.165, 1.54) is 0 Å². The van der Waals surface area contributed by atoms with Crippen LogP contribution in [0.15, 0.2) is 30.3 Å². The van der Waals surface area contributed by atoms with Gasteiger partial charge in [0.25, 0.3) is 5.91 Å². The summed E-state index contributed by atoms with van der Waals surface area (Å²) in [5.74, 6) is 0.795. The molecule has 1 heterocycles. The second-order valence-electron chi connectivity index (χ2n) is 6.10. The monoisotopic (exact) mass is 312 g/mol. The van der Waals surface area contributed by atoms with Crippen LogP contribution in [-0.2, 0) is 6.54 Å². The number of carbonyl (C=O) groups excluding carboxylic acids is 1. The van der Waals surface area contributed by atoms with E-state index in [1.54, 1.807) is 6.07 Å². The molecule has 0 saturated carbocycles. The molecular formula is C18H24N4O. The van der Waals surface area contributed by atoms with Gasteiger partial charge in [0.1, 0.15) is 5.69 Å². The van der Waals surface area contributed by atoms with Crippen molar-refractivity contribution in [1.82, 2.24) is 15.3 Å². The lowest BCUT2D eigenvalue weighted by atomic mass is 10.1. The normalized spacial score (nSPS) is 10.7. The first kappa shape index (κ1) is 16.9. The summed E-state index contributed by atoms with van der Waals surface area (Å²) in [6.07, 6.45) is 0. The van der Waals surface area contributed by atoms with Crippen molar-refractivity contribution in [3.05, 3.63) is 52.8 Å². The van der Waals surface area contributed by atoms with Gasteiger partial charge in [-0.15, -0.1) is 0 Å². The zero-order valence-corrected chi connectivity index (χ0v) is 14.2. The molecule has 2 N–H and O–H groups in total. The van der Waals surface area contributed by atoms with Gasteiger partial charge < -0.3 is 10.6 Å². The lowest BCUT2D eigenvalue weighted by Gasteiger charge is -2.11. The van der Waals surface area contributed by atoms with Gasteiger partial charge in [0, 0.05) is 18.8 Å². The predicted octanol–water partition coefficient (Wildman–Crippen LogP) is 3.09. The molecule has 1 aromatic heterocycles. The molecule has 0 unspecified atom stereocenters. The third-order valence-electron chi connectivity index (χ3n) is 3.46. The minimum atomic E-state index is -0.189. The molecule has 122 valence electrons. The Balaban J connectivity index is 2.05. The Labute approximate surface area is 137 Å². The minimum Gasteiger partial charge on any atom is -0.354 e. The van der Waals surface area contributed by atoms with Crippen LogP contribution < -0.4 is 10.6 Å². The van der Waals surface area contributed by atoms with Crippen LogP contribution in [0.2, 0.25) is 0 Å². The summed E-state index contributed by atoms with van der Waals surface area (Å²) in [6, 6.07) is 9.70. The second-order valence-corrected chi connectivity index (χ2v) is 6.10. The Morgan fingerprint density at radius 1 is 1.17 bits per heavy atom. The van der Waals surface area contributed by atoms with E-state index in [1.807, 2.05) is 38.1 Å².